The summed E-state index contributed by atoms with van der Waals surface area (Å²) in [6, 6.07) is 4.39. The fourth-order valence-electron chi connectivity index (χ4n) is 3.43. The number of nitrogens with one attached hydrogen (secondary N) is 2. The highest BCUT2D eigenvalue weighted by Gasteiger charge is 2.20. The van der Waals surface area contributed by atoms with Crippen LogP contribution in [0, 0.1) is 0 Å². The number of rotatable bonds is 7. The Morgan fingerprint density at radius 2 is 1.89 bits per heavy atom. The van der Waals surface area contributed by atoms with Crippen molar-refractivity contribution in [1.29, 1.82) is 0 Å². The number of benzene rings is 1. The lowest BCUT2D eigenvalue weighted by atomic mass is 9.99. The van der Waals surface area contributed by atoms with Crippen molar-refractivity contribution >= 4 is 11.3 Å². The third-order valence-corrected chi connectivity index (χ3v) is 5.84. The van der Waals surface area contributed by atoms with Gasteiger partial charge in [-0.05, 0) is 38.1 Å². The van der Waals surface area contributed by atoms with E-state index in [1.165, 1.54) is 6.42 Å². The molecule has 1 saturated heterocycles. The number of ether oxygens (including phenoxy) is 3. The molecule has 7 heteroatoms. The van der Waals surface area contributed by atoms with Crippen LogP contribution < -0.4 is 24.8 Å². The number of thiazole rings is 1. The third kappa shape index (κ3) is 4.72. The molecule has 2 unspecified atom stereocenters. The van der Waals surface area contributed by atoms with E-state index in [2.05, 4.69) is 22.9 Å². The minimum Gasteiger partial charge on any atom is -0.493 e. The molecular weight excluding hydrogens is 362 g/mol. The number of nitrogens with zero attached hydrogens (tertiary/aromatic N) is 1. The highest BCUT2D eigenvalue weighted by Crippen LogP contribution is 2.42. The monoisotopic (exact) mass is 391 g/mol. The van der Waals surface area contributed by atoms with E-state index < -0.39 is 0 Å². The topological polar surface area (TPSA) is 64.6 Å². The molecule has 2 heterocycles. The lowest BCUT2D eigenvalue weighted by molar-refractivity contribution is 0.324. The van der Waals surface area contributed by atoms with Gasteiger partial charge >= 0.3 is 0 Å². The van der Waals surface area contributed by atoms with Gasteiger partial charge in [0.15, 0.2) is 11.5 Å². The zero-order valence-corrected chi connectivity index (χ0v) is 17.3. The van der Waals surface area contributed by atoms with E-state index in [-0.39, 0.29) is 0 Å². The minimum absolute atomic E-state index is 0.398. The molecule has 0 aliphatic carbocycles. The molecular formula is C20H29N3O3S. The molecule has 3 rings (SSSR count). The summed E-state index contributed by atoms with van der Waals surface area (Å²) in [5.74, 6) is 2.28. The molecule has 1 aromatic carbocycles. The van der Waals surface area contributed by atoms with Crippen LogP contribution in [-0.4, -0.2) is 52.0 Å². The summed E-state index contributed by atoms with van der Waals surface area (Å²) in [6.07, 6.45) is 2.26. The molecule has 0 radical (unpaired) electrons. The maximum absolute atomic E-state index is 5.46. The Morgan fingerprint density at radius 3 is 2.56 bits per heavy atom. The SMILES string of the molecule is COc1cc(-c2nc(C(C)CC3CNCCCN3)cs2)cc(OC)c1OC. The minimum atomic E-state index is 0.398. The highest BCUT2D eigenvalue weighted by atomic mass is 32.1. The van der Waals surface area contributed by atoms with Crippen molar-refractivity contribution in [2.45, 2.75) is 31.7 Å². The van der Waals surface area contributed by atoms with Crippen molar-refractivity contribution in [2.75, 3.05) is 41.0 Å². The van der Waals surface area contributed by atoms with Crippen LogP contribution >= 0.6 is 11.3 Å². The van der Waals surface area contributed by atoms with Crippen LogP contribution in [-0.2, 0) is 0 Å². The van der Waals surface area contributed by atoms with E-state index in [4.69, 9.17) is 19.2 Å². The number of aromatic nitrogens is 1. The molecule has 0 bridgehead atoms. The second-order valence-corrected chi connectivity index (χ2v) is 7.70. The fourth-order valence-corrected chi connectivity index (χ4v) is 4.36. The molecule has 0 saturated carbocycles. The first-order valence-corrected chi connectivity index (χ1v) is 10.2. The Hall–Kier alpha value is -1.83. The molecule has 148 valence electrons. The van der Waals surface area contributed by atoms with Gasteiger partial charge in [0.25, 0.3) is 0 Å². The maximum Gasteiger partial charge on any atom is 0.203 e. The van der Waals surface area contributed by atoms with Gasteiger partial charge in [-0.2, -0.15) is 0 Å². The second kappa shape index (κ2) is 9.39. The van der Waals surface area contributed by atoms with Gasteiger partial charge in [0, 0.05) is 29.4 Å². The molecule has 1 fully saturated rings. The van der Waals surface area contributed by atoms with Gasteiger partial charge in [-0.25, -0.2) is 4.98 Å². The quantitative estimate of drug-likeness (QED) is 0.755. The third-order valence-electron chi connectivity index (χ3n) is 4.93. The van der Waals surface area contributed by atoms with Gasteiger partial charge in [0.1, 0.15) is 5.01 Å². The standard InChI is InChI=1S/C20H29N3O3S/c1-13(8-15-11-21-6-5-7-22-15)16-12-27-20(23-16)14-9-17(24-2)19(26-4)18(10-14)25-3/h9-10,12-13,15,21-22H,5-8,11H2,1-4H3. The number of hydrogen-bond acceptors (Lipinski definition) is 7. The lowest BCUT2D eigenvalue weighted by Crippen LogP contribution is -2.36. The summed E-state index contributed by atoms with van der Waals surface area (Å²) in [5.41, 5.74) is 2.11. The normalized spacial score (nSPS) is 18.6. The molecule has 2 N–H and O–H groups in total. The molecule has 27 heavy (non-hydrogen) atoms. The average Bonchev–Trinajstić information content (AvgIpc) is 3.06. The molecule has 1 aromatic heterocycles. The molecule has 2 atom stereocenters. The number of methoxy groups -OCH3 is 3. The van der Waals surface area contributed by atoms with Crippen molar-refractivity contribution in [3.05, 3.63) is 23.2 Å². The first-order valence-electron chi connectivity index (χ1n) is 9.36. The van der Waals surface area contributed by atoms with Crippen molar-refractivity contribution in [3.8, 4) is 27.8 Å². The van der Waals surface area contributed by atoms with Crippen LogP contribution in [0.25, 0.3) is 10.6 Å². The average molecular weight is 392 g/mol. The van der Waals surface area contributed by atoms with E-state index in [0.717, 1.165) is 42.3 Å². The van der Waals surface area contributed by atoms with Gasteiger partial charge in [-0.3, -0.25) is 0 Å². The van der Waals surface area contributed by atoms with Crippen LogP contribution in [0.1, 0.15) is 31.4 Å². The molecule has 2 aromatic rings. The van der Waals surface area contributed by atoms with Crippen LogP contribution in [0.2, 0.25) is 0 Å². The Kier molecular flexibility index (Phi) is 6.93. The largest absolute Gasteiger partial charge is 0.493 e. The molecule has 0 amide bonds. The fraction of sp³-hybridized carbons (Fsp3) is 0.550. The second-order valence-electron chi connectivity index (χ2n) is 6.84. The van der Waals surface area contributed by atoms with Crippen LogP contribution in [0.4, 0.5) is 0 Å². The maximum atomic E-state index is 5.46. The Morgan fingerprint density at radius 1 is 1.15 bits per heavy atom. The Labute approximate surface area is 165 Å². The van der Waals surface area contributed by atoms with Crippen molar-refractivity contribution < 1.29 is 14.2 Å². The first kappa shape index (κ1) is 19.9. The predicted octanol–water partition coefficient (Wildman–Crippen LogP) is 3.28. The van der Waals surface area contributed by atoms with Crippen molar-refractivity contribution in [2.24, 2.45) is 0 Å². The van der Waals surface area contributed by atoms with Gasteiger partial charge in [0.2, 0.25) is 5.75 Å². The van der Waals surface area contributed by atoms with Crippen molar-refractivity contribution in [1.82, 2.24) is 15.6 Å². The van der Waals surface area contributed by atoms with E-state index in [1.807, 2.05) is 12.1 Å². The predicted molar refractivity (Wildman–Crippen MR) is 110 cm³/mol. The first-order chi connectivity index (χ1) is 13.2. The highest BCUT2D eigenvalue weighted by molar-refractivity contribution is 7.13. The summed E-state index contributed by atoms with van der Waals surface area (Å²) in [6.45, 7) is 5.45. The summed E-state index contributed by atoms with van der Waals surface area (Å²) in [5, 5.41) is 10.3. The molecule has 6 nitrogen and oxygen atoms in total. The summed E-state index contributed by atoms with van der Waals surface area (Å²) >= 11 is 1.65. The number of hydrogen-bond donors (Lipinski definition) is 2. The zero-order chi connectivity index (χ0) is 19.2. The van der Waals surface area contributed by atoms with E-state index >= 15 is 0 Å². The smallest absolute Gasteiger partial charge is 0.203 e. The molecule has 1 aliphatic rings. The summed E-state index contributed by atoms with van der Waals surface area (Å²) in [4.78, 5) is 4.89. The van der Waals surface area contributed by atoms with E-state index in [0.29, 0.717) is 29.2 Å². The molecule has 1 aliphatic heterocycles. The summed E-state index contributed by atoms with van der Waals surface area (Å²) in [7, 11) is 4.87. The van der Waals surface area contributed by atoms with Gasteiger partial charge in [-0.1, -0.05) is 6.92 Å². The summed E-state index contributed by atoms with van der Waals surface area (Å²) < 4.78 is 16.3. The van der Waals surface area contributed by atoms with Gasteiger partial charge < -0.3 is 24.8 Å². The van der Waals surface area contributed by atoms with E-state index in [1.54, 1.807) is 32.7 Å². The van der Waals surface area contributed by atoms with E-state index in [9.17, 15) is 0 Å². The van der Waals surface area contributed by atoms with Crippen LogP contribution in [0.15, 0.2) is 17.5 Å². The lowest BCUT2D eigenvalue weighted by Gasteiger charge is -2.19. The zero-order valence-electron chi connectivity index (χ0n) is 16.5. The Bertz CT molecular complexity index is 717. The van der Waals surface area contributed by atoms with Crippen LogP contribution in [0.3, 0.4) is 0 Å². The Balaban J connectivity index is 1.78. The van der Waals surface area contributed by atoms with Gasteiger partial charge in [0.05, 0.1) is 27.0 Å². The van der Waals surface area contributed by atoms with Gasteiger partial charge in [-0.15, -0.1) is 11.3 Å². The van der Waals surface area contributed by atoms with Crippen molar-refractivity contribution in [3.63, 3.8) is 0 Å². The molecule has 0 spiro atoms. The van der Waals surface area contributed by atoms with Crippen LogP contribution in [0.5, 0.6) is 17.2 Å².